The maximum atomic E-state index is 16.8. The van der Waals surface area contributed by atoms with Crippen molar-refractivity contribution in [1.82, 2.24) is 20.2 Å². The molecule has 13 heteroatoms. The Morgan fingerprint density at radius 1 is 1.17 bits per heavy atom. The predicted octanol–water partition coefficient (Wildman–Crippen LogP) is 5.27. The number of benzene rings is 1. The topological polar surface area (TPSA) is 79.5 Å². The van der Waals surface area contributed by atoms with Gasteiger partial charge in [-0.15, -0.1) is 0 Å². The second kappa shape index (κ2) is 10.1. The number of likely N-dealkylation sites (N-methyl/N-ethyl adjacent to an activating group) is 1. The van der Waals surface area contributed by atoms with Crippen LogP contribution in [0.1, 0.15) is 31.0 Å². The van der Waals surface area contributed by atoms with Crippen LogP contribution in [0, 0.1) is 18.6 Å². The molecule has 3 N–H and O–H groups in total. The van der Waals surface area contributed by atoms with Gasteiger partial charge in [-0.3, -0.25) is 0 Å². The fraction of sp³-hybridized carbons (Fsp3) is 0.500. The Morgan fingerprint density at radius 2 is 1.93 bits per heavy atom. The average Bonchev–Trinajstić information content (AvgIpc) is 3.20. The van der Waals surface area contributed by atoms with Crippen molar-refractivity contribution < 1.29 is 26.7 Å². The smallest absolute Gasteiger partial charge is 0.446 e. The lowest BCUT2D eigenvalue weighted by Gasteiger charge is -2.43. The highest BCUT2D eigenvalue weighted by Gasteiger charge is 2.47. The molecular formula is C28H31F5N6OS. The number of ether oxygens (including phenoxy) is 1. The summed E-state index contributed by atoms with van der Waals surface area (Å²) in [6, 6.07) is 2.18. The summed E-state index contributed by atoms with van der Waals surface area (Å²) >= 11 is -0.662. The highest BCUT2D eigenvalue weighted by molar-refractivity contribution is 8.00. The molecule has 0 amide bonds. The molecule has 2 bridgehead atoms. The van der Waals surface area contributed by atoms with Crippen LogP contribution in [0.3, 0.4) is 0 Å². The van der Waals surface area contributed by atoms with Gasteiger partial charge in [-0.25, -0.2) is 18.7 Å². The molecule has 3 aliphatic heterocycles. The molecule has 4 atom stereocenters. The number of halogens is 5. The van der Waals surface area contributed by atoms with Gasteiger partial charge in [0.05, 0.1) is 16.3 Å². The summed E-state index contributed by atoms with van der Waals surface area (Å²) < 4.78 is 78.6. The lowest BCUT2D eigenvalue weighted by Crippen LogP contribution is -2.62. The number of hydrogen-bond donors (Lipinski definition) is 2. The zero-order valence-electron chi connectivity index (χ0n) is 23.1. The number of piperazine rings is 1. The number of aromatic nitrogens is 2. The standard InChI is InChI=1S/C28H31F5N6OS/c1-12-18(7-8-38(3)4)36-26-21-20(12)22(30)23(16-9-14(34)10-17(29)25(16)41-28(31,32)33)37-27(21)40-13(2)24-19-6-5-15(35-19)11-39(24)26/h9-10,13,15,19,24,35H,5-8,11,34H2,1-4H3/t13-,15+,19-,24+/m0/s1. The van der Waals surface area contributed by atoms with E-state index < -0.39 is 45.6 Å². The van der Waals surface area contributed by atoms with Crippen LogP contribution in [0.5, 0.6) is 5.88 Å². The summed E-state index contributed by atoms with van der Waals surface area (Å²) in [5.41, 5.74) is 1.25. The minimum Gasteiger partial charge on any atom is -0.472 e. The average molecular weight is 595 g/mol. The quantitative estimate of drug-likeness (QED) is 0.235. The zero-order valence-corrected chi connectivity index (χ0v) is 23.9. The molecule has 0 spiro atoms. The van der Waals surface area contributed by atoms with Crippen LogP contribution in [0.15, 0.2) is 17.0 Å². The van der Waals surface area contributed by atoms with Crippen molar-refractivity contribution >= 4 is 34.0 Å². The molecule has 0 saturated carbocycles. The summed E-state index contributed by atoms with van der Waals surface area (Å²) in [6.45, 7) is 4.96. The summed E-state index contributed by atoms with van der Waals surface area (Å²) in [4.78, 5) is 12.9. The molecule has 220 valence electrons. The van der Waals surface area contributed by atoms with Gasteiger partial charge < -0.3 is 25.6 Å². The Labute approximate surface area is 238 Å². The Balaban J connectivity index is 1.65. The summed E-state index contributed by atoms with van der Waals surface area (Å²) in [5.74, 6) is -1.45. The van der Waals surface area contributed by atoms with Gasteiger partial charge in [-0.1, -0.05) is 0 Å². The monoisotopic (exact) mass is 594 g/mol. The van der Waals surface area contributed by atoms with E-state index in [1.165, 1.54) is 0 Å². The Bertz CT molecular complexity index is 1530. The maximum absolute atomic E-state index is 16.8. The Morgan fingerprint density at radius 3 is 2.63 bits per heavy atom. The lowest BCUT2D eigenvalue weighted by molar-refractivity contribution is -0.0329. The number of anilines is 2. The maximum Gasteiger partial charge on any atom is 0.446 e. The largest absolute Gasteiger partial charge is 0.472 e. The fourth-order valence-electron chi connectivity index (χ4n) is 6.46. The molecule has 7 nitrogen and oxygen atoms in total. The minimum absolute atomic E-state index is 0.0599. The van der Waals surface area contributed by atoms with Crippen molar-refractivity contribution in [3.05, 3.63) is 35.0 Å². The second-order valence-corrected chi connectivity index (χ2v) is 12.4. The van der Waals surface area contributed by atoms with E-state index in [1.54, 1.807) is 6.92 Å². The van der Waals surface area contributed by atoms with Gasteiger partial charge in [0.1, 0.15) is 23.4 Å². The SMILES string of the molecule is Cc1c(CCN(C)C)nc2c3c(nc(-c4cc(N)cc(F)c4SC(F)(F)F)c(F)c13)O[C@@H](C)[C@@H]1[C@@H]3CC[C@H](CN21)N3. The van der Waals surface area contributed by atoms with Crippen molar-refractivity contribution in [2.75, 3.05) is 37.8 Å². The number of alkyl halides is 3. The molecule has 1 aromatic carbocycles. The highest BCUT2D eigenvalue weighted by atomic mass is 32.2. The summed E-state index contributed by atoms with van der Waals surface area (Å²) in [5, 5.41) is 4.19. The molecule has 5 heterocycles. The lowest BCUT2D eigenvalue weighted by atomic mass is 9.97. The number of fused-ring (bicyclic) bond motifs is 5. The van der Waals surface area contributed by atoms with E-state index in [0.717, 1.165) is 25.0 Å². The van der Waals surface area contributed by atoms with Crippen LogP contribution in [0.4, 0.5) is 33.5 Å². The number of nitrogens with one attached hydrogen (secondary N) is 1. The van der Waals surface area contributed by atoms with Gasteiger partial charge in [0, 0.05) is 53.9 Å². The number of aryl methyl sites for hydroxylation is 1. The summed E-state index contributed by atoms with van der Waals surface area (Å²) in [7, 11) is 3.86. The van der Waals surface area contributed by atoms with Crippen LogP contribution in [0.2, 0.25) is 0 Å². The number of rotatable bonds is 5. The third-order valence-corrected chi connectivity index (χ3v) is 9.08. The molecule has 3 aliphatic rings. The molecule has 0 unspecified atom stereocenters. The number of nitrogen functional groups attached to an aromatic ring is 1. The van der Waals surface area contributed by atoms with Gasteiger partial charge in [-0.2, -0.15) is 13.2 Å². The minimum atomic E-state index is -4.82. The normalized spacial score (nSPS) is 23.6. The van der Waals surface area contributed by atoms with Crippen LogP contribution in [-0.2, 0) is 6.42 Å². The van der Waals surface area contributed by atoms with Gasteiger partial charge in [0.2, 0.25) is 5.88 Å². The molecule has 0 radical (unpaired) electrons. The number of pyridine rings is 2. The first-order chi connectivity index (χ1) is 19.3. The van der Waals surface area contributed by atoms with E-state index in [0.29, 0.717) is 42.0 Å². The third kappa shape index (κ3) is 4.95. The van der Waals surface area contributed by atoms with E-state index in [9.17, 15) is 17.6 Å². The second-order valence-electron chi connectivity index (χ2n) is 11.3. The summed E-state index contributed by atoms with van der Waals surface area (Å²) in [6.07, 6.45) is 2.08. The molecule has 6 rings (SSSR count). The van der Waals surface area contributed by atoms with Crippen molar-refractivity contribution in [3.63, 3.8) is 0 Å². The molecule has 3 aromatic rings. The molecule has 2 aromatic heterocycles. The Hall–Kier alpha value is -2.90. The Kier molecular flexibility index (Phi) is 6.97. The van der Waals surface area contributed by atoms with Crippen molar-refractivity contribution in [1.29, 1.82) is 0 Å². The van der Waals surface area contributed by atoms with Gasteiger partial charge >= 0.3 is 5.51 Å². The van der Waals surface area contributed by atoms with Gasteiger partial charge in [0.25, 0.3) is 0 Å². The van der Waals surface area contributed by atoms with E-state index in [2.05, 4.69) is 15.2 Å². The first-order valence-corrected chi connectivity index (χ1v) is 14.4. The van der Waals surface area contributed by atoms with Gasteiger partial charge in [0.15, 0.2) is 5.82 Å². The number of thioether (sulfide) groups is 1. The van der Waals surface area contributed by atoms with E-state index in [4.69, 9.17) is 15.5 Å². The zero-order chi connectivity index (χ0) is 29.4. The fourth-order valence-corrected chi connectivity index (χ4v) is 7.11. The first-order valence-electron chi connectivity index (χ1n) is 13.5. The van der Waals surface area contributed by atoms with Crippen LogP contribution in [-0.4, -0.2) is 71.8 Å². The molecule has 2 fully saturated rings. The molecule has 2 saturated heterocycles. The van der Waals surface area contributed by atoms with Gasteiger partial charge in [-0.05, 0) is 70.2 Å². The molecule has 0 aliphatic carbocycles. The van der Waals surface area contributed by atoms with Crippen molar-refractivity contribution in [3.8, 4) is 17.1 Å². The molecular weight excluding hydrogens is 563 g/mol. The van der Waals surface area contributed by atoms with Crippen LogP contribution >= 0.6 is 11.8 Å². The van der Waals surface area contributed by atoms with E-state index >= 15 is 4.39 Å². The highest BCUT2D eigenvalue weighted by Crippen LogP contribution is 2.48. The van der Waals surface area contributed by atoms with Crippen LogP contribution in [0.25, 0.3) is 22.0 Å². The van der Waals surface area contributed by atoms with Crippen molar-refractivity contribution in [2.24, 2.45) is 0 Å². The first kappa shape index (κ1) is 28.2. The van der Waals surface area contributed by atoms with Crippen LogP contribution < -0.4 is 20.7 Å². The van der Waals surface area contributed by atoms with Crippen molar-refractivity contribution in [2.45, 2.75) is 67.7 Å². The van der Waals surface area contributed by atoms with E-state index in [-0.39, 0.29) is 40.6 Å². The number of hydrogen-bond acceptors (Lipinski definition) is 8. The third-order valence-electron chi connectivity index (χ3n) is 8.23. The number of nitrogens with two attached hydrogens (primary N) is 1. The van der Waals surface area contributed by atoms with E-state index in [1.807, 2.05) is 25.9 Å². The molecule has 41 heavy (non-hydrogen) atoms. The predicted molar refractivity (Wildman–Crippen MR) is 149 cm³/mol. The number of nitrogens with zero attached hydrogens (tertiary/aromatic N) is 4.